The topological polar surface area (TPSA) is 269 Å². The number of hydrogen-bond acceptors (Lipinski definition) is 16. The first-order chi connectivity index (χ1) is 20.3. The highest BCUT2D eigenvalue weighted by atomic mass is 16.7. The van der Waals surface area contributed by atoms with Crippen LogP contribution in [0.3, 0.4) is 0 Å². The van der Waals surface area contributed by atoms with Gasteiger partial charge in [-0.2, -0.15) is 0 Å². The minimum atomic E-state index is -1.97. The third kappa shape index (κ3) is 5.44. The maximum Gasteiger partial charge on any atom is 0.229 e. The summed E-state index contributed by atoms with van der Waals surface area (Å²) in [6.07, 6.45) is -17.0. The normalized spacial score (nSPS) is 32.9. The number of phenolic OH excluding ortho intramolecular Hbond substituents is 3. The Labute approximate surface area is 241 Å². The van der Waals surface area contributed by atoms with Crippen LogP contribution < -0.4 is 14.9 Å². The average Bonchev–Trinajstić information content (AvgIpc) is 2.98. The van der Waals surface area contributed by atoms with Crippen LogP contribution in [0.5, 0.6) is 28.7 Å². The quantitative estimate of drug-likeness (QED) is 0.144. The van der Waals surface area contributed by atoms with Gasteiger partial charge in [0.2, 0.25) is 29.8 Å². The highest BCUT2D eigenvalue weighted by Crippen LogP contribution is 2.51. The van der Waals surface area contributed by atoms with E-state index in [-0.39, 0.29) is 17.1 Å². The van der Waals surface area contributed by atoms with Crippen LogP contribution in [0.25, 0.3) is 22.3 Å². The van der Waals surface area contributed by atoms with Crippen LogP contribution in [0.2, 0.25) is 0 Å². The fourth-order valence-electron chi connectivity index (χ4n) is 4.81. The van der Waals surface area contributed by atoms with Crippen molar-refractivity contribution in [3.63, 3.8) is 0 Å². The van der Waals surface area contributed by atoms with Crippen LogP contribution in [0.15, 0.2) is 39.5 Å². The van der Waals surface area contributed by atoms with Gasteiger partial charge in [-0.1, -0.05) is 0 Å². The summed E-state index contributed by atoms with van der Waals surface area (Å²) in [7, 11) is 0. The van der Waals surface area contributed by atoms with E-state index in [0.717, 1.165) is 6.07 Å². The van der Waals surface area contributed by atoms with Gasteiger partial charge in [0.1, 0.15) is 59.6 Å². The van der Waals surface area contributed by atoms with Gasteiger partial charge < -0.3 is 74.4 Å². The maximum absolute atomic E-state index is 13.3. The molecule has 5 rings (SSSR count). The van der Waals surface area contributed by atoms with Crippen molar-refractivity contribution < 1.29 is 74.4 Å². The molecule has 43 heavy (non-hydrogen) atoms. The number of aliphatic hydroxyl groups excluding tert-OH is 7. The van der Waals surface area contributed by atoms with Gasteiger partial charge in [-0.25, -0.2) is 0 Å². The predicted molar refractivity (Wildman–Crippen MR) is 140 cm³/mol. The second-order valence-corrected chi connectivity index (χ2v) is 10.2. The number of rotatable bonds is 6. The summed E-state index contributed by atoms with van der Waals surface area (Å²) < 4.78 is 27.7. The Hall–Kier alpha value is -3.71. The van der Waals surface area contributed by atoms with Gasteiger partial charge in [0.05, 0.1) is 12.7 Å². The first-order valence-electron chi connectivity index (χ1n) is 13.0. The molecule has 3 aromatic rings. The Morgan fingerprint density at radius 3 is 1.95 bits per heavy atom. The van der Waals surface area contributed by atoms with Gasteiger partial charge in [0.15, 0.2) is 16.8 Å². The van der Waals surface area contributed by atoms with Crippen molar-refractivity contribution in [2.24, 2.45) is 0 Å². The van der Waals surface area contributed by atoms with Crippen LogP contribution in [-0.2, 0) is 9.47 Å². The van der Waals surface area contributed by atoms with Crippen molar-refractivity contribution in [1.82, 2.24) is 0 Å². The van der Waals surface area contributed by atoms with E-state index in [9.17, 15) is 55.9 Å². The summed E-state index contributed by atoms with van der Waals surface area (Å²) in [6.45, 7) is 0.536. The number of ether oxygens (including phenoxy) is 4. The molecule has 2 aliphatic heterocycles. The van der Waals surface area contributed by atoms with E-state index >= 15 is 0 Å². The lowest BCUT2D eigenvalue weighted by Crippen LogP contribution is -2.60. The monoisotopic (exact) mass is 610 g/mol. The molecule has 10 atom stereocenters. The van der Waals surface area contributed by atoms with Crippen molar-refractivity contribution >= 4 is 11.0 Å². The zero-order valence-electron chi connectivity index (χ0n) is 22.3. The van der Waals surface area contributed by atoms with E-state index in [1.54, 1.807) is 0 Å². The van der Waals surface area contributed by atoms with E-state index in [1.807, 2.05) is 0 Å². The molecule has 10 N–H and O–H groups in total. The van der Waals surface area contributed by atoms with Crippen LogP contribution in [0.4, 0.5) is 0 Å². The lowest BCUT2D eigenvalue weighted by atomic mass is 9.99. The number of benzene rings is 2. The van der Waals surface area contributed by atoms with E-state index in [0.29, 0.717) is 0 Å². The van der Waals surface area contributed by atoms with Crippen molar-refractivity contribution in [3.8, 4) is 40.1 Å². The SMILES string of the molecule is C[C@H]1O[C@@H](Oc2c(O)c(O[C@@H]3O[C@H](CO)[C@H](O)[C@@H](O)[C@H]3O)c3oc(-c4ccc(O)cc4)cc(=O)c3c2O)[C@@H](O)[C@@H](O)[C@@H]1O. The first kappa shape index (κ1) is 30.7. The smallest absolute Gasteiger partial charge is 0.229 e. The highest BCUT2D eigenvalue weighted by molar-refractivity contribution is 5.95. The molecule has 2 aromatic carbocycles. The van der Waals surface area contributed by atoms with Crippen molar-refractivity contribution in [2.45, 2.75) is 68.3 Å². The summed E-state index contributed by atoms with van der Waals surface area (Å²) in [5, 5.41) is 102. The molecule has 16 heteroatoms. The van der Waals surface area contributed by atoms with Gasteiger partial charge in [-0.05, 0) is 31.2 Å². The van der Waals surface area contributed by atoms with Crippen LogP contribution in [0.1, 0.15) is 6.92 Å². The molecule has 2 saturated heterocycles. The molecule has 16 nitrogen and oxygen atoms in total. The molecule has 0 spiro atoms. The highest BCUT2D eigenvalue weighted by Gasteiger charge is 2.47. The molecule has 0 radical (unpaired) electrons. The summed E-state index contributed by atoms with van der Waals surface area (Å²) in [5.74, 6) is -4.00. The molecule has 0 amide bonds. The van der Waals surface area contributed by atoms with Crippen molar-refractivity contribution in [3.05, 3.63) is 40.6 Å². The third-order valence-electron chi connectivity index (χ3n) is 7.31. The molecule has 3 heterocycles. The molecule has 2 fully saturated rings. The number of aromatic hydroxyl groups is 3. The summed E-state index contributed by atoms with van der Waals surface area (Å²) in [6, 6.07) is 6.38. The van der Waals surface area contributed by atoms with E-state index < -0.39 is 107 Å². The Bertz CT molecular complexity index is 1520. The van der Waals surface area contributed by atoms with E-state index in [4.69, 9.17) is 23.4 Å². The van der Waals surface area contributed by atoms with Gasteiger partial charge >= 0.3 is 0 Å². The first-order valence-corrected chi connectivity index (χ1v) is 13.0. The molecule has 0 unspecified atom stereocenters. The predicted octanol–water partition coefficient (Wildman–Crippen LogP) is -2.04. The standard InChI is InChI=1S/C27H30O16/c1-8-15(31)18(34)20(36)26(39-8)42-24-17(33)14-11(30)6-12(9-2-4-10(29)5-3-9)40-23(14)25(22(24)38)43-27-21(37)19(35)16(32)13(7-28)41-27/h2-6,8,13,15-16,18-21,26-29,31-38H,7H2,1H3/t8-,13-,15-,16+,18+,19-,20+,21-,26+,27+/m1/s1. The van der Waals surface area contributed by atoms with Crippen LogP contribution >= 0.6 is 0 Å². The Morgan fingerprint density at radius 2 is 1.33 bits per heavy atom. The summed E-state index contributed by atoms with van der Waals surface area (Å²) in [4.78, 5) is 13.3. The third-order valence-corrected chi connectivity index (χ3v) is 7.31. The molecular weight excluding hydrogens is 580 g/mol. The largest absolute Gasteiger partial charge is 0.508 e. The molecule has 0 bridgehead atoms. The zero-order valence-corrected chi connectivity index (χ0v) is 22.3. The molecule has 1 aromatic heterocycles. The molecule has 0 aliphatic carbocycles. The molecule has 0 saturated carbocycles. The fraction of sp³-hybridized carbons (Fsp3) is 0.444. The lowest BCUT2D eigenvalue weighted by molar-refractivity contribution is -0.277. The zero-order chi connectivity index (χ0) is 31.3. The van der Waals surface area contributed by atoms with E-state index in [2.05, 4.69) is 0 Å². The van der Waals surface area contributed by atoms with Crippen molar-refractivity contribution in [1.29, 1.82) is 0 Å². The summed E-state index contributed by atoms with van der Waals surface area (Å²) in [5.41, 5.74) is -1.24. The summed E-state index contributed by atoms with van der Waals surface area (Å²) >= 11 is 0. The number of fused-ring (bicyclic) bond motifs is 1. The Kier molecular flexibility index (Phi) is 8.41. The lowest BCUT2D eigenvalue weighted by Gasteiger charge is -2.40. The molecule has 234 valence electrons. The second-order valence-electron chi connectivity index (χ2n) is 10.2. The van der Waals surface area contributed by atoms with Gasteiger partial charge in [0, 0.05) is 11.6 Å². The average molecular weight is 611 g/mol. The van der Waals surface area contributed by atoms with Crippen molar-refractivity contribution in [2.75, 3.05) is 6.61 Å². The Balaban J connectivity index is 1.67. The minimum absolute atomic E-state index is 0.0883. The van der Waals surface area contributed by atoms with Crippen LogP contribution in [0, 0.1) is 0 Å². The number of hydrogen-bond donors (Lipinski definition) is 10. The number of phenols is 3. The van der Waals surface area contributed by atoms with Gasteiger partial charge in [-0.15, -0.1) is 0 Å². The minimum Gasteiger partial charge on any atom is -0.508 e. The van der Waals surface area contributed by atoms with Gasteiger partial charge in [0.25, 0.3) is 0 Å². The van der Waals surface area contributed by atoms with E-state index in [1.165, 1.54) is 31.2 Å². The molecular formula is C27H30O16. The van der Waals surface area contributed by atoms with Gasteiger partial charge in [-0.3, -0.25) is 4.79 Å². The number of aliphatic hydroxyl groups is 7. The van der Waals surface area contributed by atoms with Crippen LogP contribution in [-0.4, -0.2) is 119 Å². The molecule has 2 aliphatic rings. The fourth-order valence-corrected chi connectivity index (χ4v) is 4.81. The Morgan fingerprint density at radius 1 is 0.744 bits per heavy atom. The second kappa shape index (κ2) is 11.8. The maximum atomic E-state index is 13.3.